The first-order valence-corrected chi connectivity index (χ1v) is 8.76. The summed E-state index contributed by atoms with van der Waals surface area (Å²) in [6, 6.07) is 22.6. The molecule has 3 heterocycles. The normalized spacial score (nSPS) is 11.0. The van der Waals surface area contributed by atoms with E-state index in [1.807, 2.05) is 60.7 Å². The highest BCUT2D eigenvalue weighted by Gasteiger charge is 2.09. The number of ether oxygens (including phenoxy) is 1. The van der Waals surface area contributed by atoms with Crippen molar-refractivity contribution < 1.29 is 4.74 Å². The molecule has 0 saturated carbocycles. The number of nitrogens with one attached hydrogen (secondary N) is 1. The molecular weight excluding hydrogens is 352 g/mol. The van der Waals surface area contributed by atoms with Crippen LogP contribution in [0.2, 0.25) is 0 Å². The maximum Gasteiger partial charge on any atom is 0.247 e. The smallest absolute Gasteiger partial charge is 0.247 e. The monoisotopic (exact) mass is 368 g/mol. The number of benzene rings is 2. The highest BCUT2D eigenvalue weighted by Crippen LogP contribution is 2.25. The molecule has 2 aromatic carbocycles. The maximum absolute atomic E-state index is 5.94. The summed E-state index contributed by atoms with van der Waals surface area (Å²) in [6.07, 6.45) is 1.78. The van der Waals surface area contributed by atoms with Gasteiger partial charge >= 0.3 is 0 Å². The molecule has 5 rings (SSSR count). The van der Waals surface area contributed by atoms with E-state index in [0.29, 0.717) is 28.9 Å². The van der Waals surface area contributed by atoms with E-state index < -0.39 is 0 Å². The number of fused-ring (bicyclic) bond motifs is 2. The number of aromatic nitrogens is 4. The van der Waals surface area contributed by atoms with Crippen molar-refractivity contribution in [2.75, 3.05) is 11.1 Å². The minimum Gasteiger partial charge on any atom is -0.439 e. The summed E-state index contributed by atoms with van der Waals surface area (Å²) in [6.45, 7) is 0. The van der Waals surface area contributed by atoms with Crippen molar-refractivity contribution in [3.63, 3.8) is 0 Å². The summed E-state index contributed by atoms with van der Waals surface area (Å²) in [5.41, 5.74) is 8.92. The van der Waals surface area contributed by atoms with Gasteiger partial charge in [0.2, 0.25) is 11.8 Å². The van der Waals surface area contributed by atoms with Gasteiger partial charge in [0.1, 0.15) is 5.75 Å². The summed E-state index contributed by atoms with van der Waals surface area (Å²) in [7, 11) is 0. The molecule has 0 aliphatic rings. The number of hydrogen-bond donors (Lipinski definition) is 2. The maximum atomic E-state index is 5.94. The molecule has 0 unspecified atom stereocenters. The lowest BCUT2D eigenvalue weighted by Gasteiger charge is -2.06. The van der Waals surface area contributed by atoms with Crippen LogP contribution >= 0.6 is 0 Å². The largest absolute Gasteiger partial charge is 0.439 e. The zero-order valence-corrected chi connectivity index (χ0v) is 14.8. The lowest BCUT2D eigenvalue weighted by Crippen LogP contribution is -1.97. The van der Waals surface area contributed by atoms with Crippen molar-refractivity contribution in [1.82, 2.24) is 19.6 Å². The fraction of sp³-hybridized carbons (Fsp3) is 0. The van der Waals surface area contributed by atoms with Crippen molar-refractivity contribution in [2.24, 2.45) is 0 Å². The molecule has 3 aromatic heterocycles. The molecular formula is C21H16N6O. The van der Waals surface area contributed by atoms with E-state index in [4.69, 9.17) is 10.5 Å². The number of nitrogen functional groups attached to an aromatic ring is 1. The van der Waals surface area contributed by atoms with E-state index in [9.17, 15) is 0 Å². The Morgan fingerprint density at radius 1 is 0.929 bits per heavy atom. The predicted octanol–water partition coefficient (Wildman–Crippen LogP) is 4.40. The zero-order valence-electron chi connectivity index (χ0n) is 14.8. The summed E-state index contributed by atoms with van der Waals surface area (Å²) in [4.78, 5) is 8.86. The summed E-state index contributed by atoms with van der Waals surface area (Å²) in [5.74, 6) is 1.72. The van der Waals surface area contributed by atoms with Crippen LogP contribution in [0.15, 0.2) is 79.0 Å². The molecule has 28 heavy (non-hydrogen) atoms. The minimum atomic E-state index is 0.483. The van der Waals surface area contributed by atoms with Gasteiger partial charge in [0.25, 0.3) is 0 Å². The molecule has 7 heteroatoms. The molecule has 7 nitrogen and oxygen atoms in total. The van der Waals surface area contributed by atoms with Crippen LogP contribution in [0.25, 0.3) is 16.6 Å². The number of hydrogen-bond acceptors (Lipinski definition) is 6. The molecule has 0 saturated heterocycles. The van der Waals surface area contributed by atoms with Crippen LogP contribution in [0.4, 0.5) is 17.3 Å². The Bertz CT molecular complexity index is 1280. The second kappa shape index (κ2) is 6.55. The first kappa shape index (κ1) is 16.1. The Morgan fingerprint density at radius 3 is 2.71 bits per heavy atom. The first-order valence-electron chi connectivity index (χ1n) is 8.76. The van der Waals surface area contributed by atoms with E-state index in [2.05, 4.69) is 20.4 Å². The molecule has 0 radical (unpaired) electrons. The van der Waals surface area contributed by atoms with Crippen LogP contribution < -0.4 is 15.8 Å². The van der Waals surface area contributed by atoms with E-state index in [1.54, 1.807) is 22.8 Å². The highest BCUT2D eigenvalue weighted by molar-refractivity contribution is 5.82. The number of nitrogens with zero attached hydrogens (tertiary/aromatic N) is 4. The molecule has 0 amide bonds. The van der Waals surface area contributed by atoms with Crippen LogP contribution in [0, 0.1) is 0 Å². The molecule has 136 valence electrons. The van der Waals surface area contributed by atoms with Gasteiger partial charge < -0.3 is 15.8 Å². The van der Waals surface area contributed by atoms with Gasteiger partial charge in [-0.3, -0.25) is 4.98 Å². The van der Waals surface area contributed by atoms with Gasteiger partial charge in [0, 0.05) is 29.0 Å². The van der Waals surface area contributed by atoms with E-state index in [1.165, 1.54) is 0 Å². The second-order valence-electron chi connectivity index (χ2n) is 6.28. The van der Waals surface area contributed by atoms with Crippen molar-refractivity contribution in [3.05, 3.63) is 79.0 Å². The lowest BCUT2D eigenvalue weighted by atomic mass is 10.2. The lowest BCUT2D eigenvalue weighted by molar-refractivity contribution is 0.448. The summed E-state index contributed by atoms with van der Waals surface area (Å²) < 4.78 is 7.59. The van der Waals surface area contributed by atoms with Crippen molar-refractivity contribution in [2.45, 2.75) is 0 Å². The zero-order chi connectivity index (χ0) is 18.9. The minimum absolute atomic E-state index is 0.483. The predicted molar refractivity (Wildman–Crippen MR) is 109 cm³/mol. The molecule has 0 aliphatic heterocycles. The van der Waals surface area contributed by atoms with Gasteiger partial charge in [0.05, 0.1) is 5.52 Å². The first-order chi connectivity index (χ1) is 13.7. The quantitative estimate of drug-likeness (QED) is 0.457. The van der Waals surface area contributed by atoms with Gasteiger partial charge in [-0.05, 0) is 54.6 Å². The SMILES string of the molecule is Nc1ccc(Oc2cccc3nc(Nc4ccc5ncccc5c4)nn23)cc1. The van der Waals surface area contributed by atoms with Crippen molar-refractivity contribution in [3.8, 4) is 11.6 Å². The van der Waals surface area contributed by atoms with Crippen LogP contribution in [0.3, 0.4) is 0 Å². The van der Waals surface area contributed by atoms with Gasteiger partial charge in [-0.15, -0.1) is 5.10 Å². The Morgan fingerprint density at radius 2 is 1.82 bits per heavy atom. The molecule has 0 fully saturated rings. The molecule has 5 aromatic rings. The van der Waals surface area contributed by atoms with Crippen LogP contribution in [0.1, 0.15) is 0 Å². The summed E-state index contributed by atoms with van der Waals surface area (Å²) >= 11 is 0. The number of pyridine rings is 2. The molecule has 0 atom stereocenters. The second-order valence-corrected chi connectivity index (χ2v) is 6.28. The third kappa shape index (κ3) is 3.05. The van der Waals surface area contributed by atoms with Gasteiger partial charge in [0.15, 0.2) is 5.65 Å². The van der Waals surface area contributed by atoms with Gasteiger partial charge in [-0.1, -0.05) is 12.1 Å². The molecule has 0 aliphatic carbocycles. The van der Waals surface area contributed by atoms with Crippen LogP contribution in [0.5, 0.6) is 11.6 Å². The molecule has 3 N–H and O–H groups in total. The Balaban J connectivity index is 1.46. The average molecular weight is 368 g/mol. The number of nitrogens with two attached hydrogens (primary N) is 1. The molecule has 0 bridgehead atoms. The third-order valence-electron chi connectivity index (χ3n) is 4.29. The fourth-order valence-corrected chi connectivity index (χ4v) is 2.95. The summed E-state index contributed by atoms with van der Waals surface area (Å²) in [5, 5.41) is 8.82. The standard InChI is InChI=1S/C21H16N6O/c22-15-6-9-17(10-7-15)28-20-5-1-4-19-25-21(26-27(19)20)24-16-8-11-18-14(13-16)3-2-12-23-18/h1-13H,22H2,(H,24,26). The van der Waals surface area contributed by atoms with E-state index in [0.717, 1.165) is 16.6 Å². The Kier molecular flexibility index (Phi) is 3.76. The Hall–Kier alpha value is -4.13. The van der Waals surface area contributed by atoms with Gasteiger partial charge in [-0.2, -0.15) is 9.50 Å². The number of anilines is 3. The van der Waals surface area contributed by atoms with Crippen LogP contribution in [-0.2, 0) is 0 Å². The fourth-order valence-electron chi connectivity index (χ4n) is 2.95. The third-order valence-corrected chi connectivity index (χ3v) is 4.29. The number of rotatable bonds is 4. The van der Waals surface area contributed by atoms with Gasteiger partial charge in [-0.25, -0.2) is 0 Å². The Labute approximate surface area is 160 Å². The van der Waals surface area contributed by atoms with Crippen LogP contribution in [-0.4, -0.2) is 19.6 Å². The highest BCUT2D eigenvalue weighted by atomic mass is 16.5. The van der Waals surface area contributed by atoms with Crippen molar-refractivity contribution >= 4 is 33.9 Å². The van der Waals surface area contributed by atoms with Crippen molar-refractivity contribution in [1.29, 1.82) is 0 Å². The molecule has 0 spiro atoms. The topological polar surface area (TPSA) is 90.4 Å². The van der Waals surface area contributed by atoms with E-state index >= 15 is 0 Å². The van der Waals surface area contributed by atoms with E-state index in [-0.39, 0.29) is 0 Å². The average Bonchev–Trinajstić information content (AvgIpc) is 3.13.